The van der Waals surface area contributed by atoms with Crippen molar-refractivity contribution in [3.8, 4) is 0 Å². The van der Waals surface area contributed by atoms with Crippen LogP contribution in [-0.4, -0.2) is 23.0 Å². The van der Waals surface area contributed by atoms with Gasteiger partial charge in [-0.1, -0.05) is 37.3 Å². The molecule has 17 heavy (non-hydrogen) atoms. The van der Waals surface area contributed by atoms with E-state index < -0.39 is 24.0 Å². The number of benzene rings is 1. The maximum absolute atomic E-state index is 12.7. The van der Waals surface area contributed by atoms with Gasteiger partial charge in [-0.2, -0.15) is 13.2 Å². The molecule has 1 aliphatic rings. The second kappa shape index (κ2) is 4.05. The summed E-state index contributed by atoms with van der Waals surface area (Å²) in [6.45, 7) is 1.34. The van der Waals surface area contributed by atoms with Crippen LogP contribution in [0.3, 0.4) is 0 Å². The van der Waals surface area contributed by atoms with Gasteiger partial charge in [-0.25, -0.2) is 0 Å². The number of carbonyl (C=O) groups excluding carboxylic acids is 1. The minimum absolute atomic E-state index is 0.0220. The van der Waals surface area contributed by atoms with Gasteiger partial charge in [-0.15, -0.1) is 0 Å². The summed E-state index contributed by atoms with van der Waals surface area (Å²) in [7, 11) is 0. The number of likely N-dealkylation sites (tertiary alicyclic amines) is 1. The molecule has 1 aromatic carbocycles. The highest BCUT2D eigenvalue weighted by Crippen LogP contribution is 2.39. The van der Waals surface area contributed by atoms with Gasteiger partial charge in [0, 0.05) is 6.54 Å². The second-order valence-electron chi connectivity index (χ2n) is 4.23. The van der Waals surface area contributed by atoms with Gasteiger partial charge in [-0.05, 0) is 5.56 Å². The summed E-state index contributed by atoms with van der Waals surface area (Å²) in [5.74, 6) is -1.39. The van der Waals surface area contributed by atoms with Crippen molar-refractivity contribution in [1.29, 1.82) is 0 Å². The molecule has 92 valence electrons. The van der Waals surface area contributed by atoms with Crippen LogP contribution >= 0.6 is 0 Å². The molecule has 0 spiro atoms. The Kier molecular flexibility index (Phi) is 2.85. The monoisotopic (exact) mass is 243 g/mol. The maximum atomic E-state index is 12.7. The van der Waals surface area contributed by atoms with E-state index in [0.29, 0.717) is 5.56 Å². The van der Waals surface area contributed by atoms with Crippen LogP contribution in [0.4, 0.5) is 13.2 Å². The second-order valence-corrected chi connectivity index (χ2v) is 4.23. The number of amides is 1. The third-order valence-electron chi connectivity index (χ3n) is 3.01. The van der Waals surface area contributed by atoms with Gasteiger partial charge in [0.2, 0.25) is 5.91 Å². The zero-order valence-corrected chi connectivity index (χ0v) is 9.24. The molecular formula is C12H12F3NO. The van der Waals surface area contributed by atoms with Crippen molar-refractivity contribution >= 4 is 5.91 Å². The van der Waals surface area contributed by atoms with Gasteiger partial charge in [-0.3, -0.25) is 4.79 Å². The first-order chi connectivity index (χ1) is 7.91. The molecule has 1 fully saturated rings. The lowest BCUT2D eigenvalue weighted by Gasteiger charge is -2.46. The largest absolute Gasteiger partial charge is 0.409 e. The number of rotatable bonds is 2. The predicted molar refractivity (Wildman–Crippen MR) is 56.0 cm³/mol. The SMILES string of the molecule is CC1C(=O)N(Cc2ccccc2)C1C(F)(F)F. The van der Waals surface area contributed by atoms with Crippen molar-refractivity contribution < 1.29 is 18.0 Å². The van der Waals surface area contributed by atoms with Gasteiger partial charge >= 0.3 is 6.18 Å². The number of alkyl halides is 3. The standard InChI is InChI=1S/C12H12F3NO/c1-8-10(12(13,14)15)16(11(8)17)7-9-5-3-2-4-6-9/h2-6,8,10H,7H2,1H3. The summed E-state index contributed by atoms with van der Waals surface area (Å²) in [5.41, 5.74) is 0.710. The van der Waals surface area contributed by atoms with Gasteiger partial charge < -0.3 is 4.90 Å². The third kappa shape index (κ3) is 2.14. The Morgan fingerprint density at radius 1 is 1.24 bits per heavy atom. The van der Waals surface area contributed by atoms with Crippen LogP contribution in [0.1, 0.15) is 12.5 Å². The Hall–Kier alpha value is -1.52. The summed E-state index contributed by atoms with van der Waals surface area (Å²) in [5, 5.41) is 0. The summed E-state index contributed by atoms with van der Waals surface area (Å²) in [6, 6.07) is 7.05. The van der Waals surface area contributed by atoms with Crippen LogP contribution in [0.25, 0.3) is 0 Å². The molecule has 0 aliphatic carbocycles. The average Bonchev–Trinajstić information content (AvgIpc) is 2.27. The molecule has 1 amide bonds. The third-order valence-corrected chi connectivity index (χ3v) is 3.01. The normalized spacial score (nSPS) is 24.7. The fourth-order valence-corrected chi connectivity index (χ4v) is 2.14. The molecule has 2 unspecified atom stereocenters. The van der Waals surface area contributed by atoms with Crippen molar-refractivity contribution in [2.24, 2.45) is 5.92 Å². The van der Waals surface area contributed by atoms with Gasteiger partial charge in [0.15, 0.2) is 0 Å². The Balaban J connectivity index is 2.13. The van der Waals surface area contributed by atoms with E-state index in [1.807, 2.05) is 0 Å². The lowest BCUT2D eigenvalue weighted by Crippen LogP contribution is -2.65. The number of nitrogens with zero attached hydrogens (tertiary/aromatic N) is 1. The first-order valence-corrected chi connectivity index (χ1v) is 5.32. The number of hydrogen-bond donors (Lipinski definition) is 0. The zero-order valence-electron chi connectivity index (χ0n) is 9.24. The average molecular weight is 243 g/mol. The Morgan fingerprint density at radius 2 is 1.82 bits per heavy atom. The first kappa shape index (κ1) is 12.0. The number of β-lactam (4-membered cyclic amide) rings is 1. The van der Waals surface area contributed by atoms with Crippen molar-refractivity contribution in [2.75, 3.05) is 0 Å². The molecule has 2 nitrogen and oxygen atoms in total. The van der Waals surface area contributed by atoms with E-state index in [9.17, 15) is 18.0 Å². The van der Waals surface area contributed by atoms with Crippen LogP contribution in [0.5, 0.6) is 0 Å². The van der Waals surface area contributed by atoms with Gasteiger partial charge in [0.05, 0.1) is 5.92 Å². The highest BCUT2D eigenvalue weighted by Gasteiger charge is 2.58. The van der Waals surface area contributed by atoms with Crippen molar-refractivity contribution in [1.82, 2.24) is 4.90 Å². The van der Waals surface area contributed by atoms with Gasteiger partial charge in [0.1, 0.15) is 6.04 Å². The molecule has 0 bridgehead atoms. The lowest BCUT2D eigenvalue weighted by atomic mass is 9.88. The fourth-order valence-electron chi connectivity index (χ4n) is 2.14. The molecule has 0 saturated carbocycles. The molecule has 2 atom stereocenters. The minimum atomic E-state index is -4.35. The van der Waals surface area contributed by atoms with Crippen LogP contribution in [0, 0.1) is 5.92 Å². The van der Waals surface area contributed by atoms with E-state index in [-0.39, 0.29) is 6.54 Å². The molecule has 1 heterocycles. The van der Waals surface area contributed by atoms with E-state index in [0.717, 1.165) is 4.90 Å². The van der Waals surface area contributed by atoms with E-state index in [1.165, 1.54) is 6.92 Å². The molecule has 0 N–H and O–H groups in total. The van der Waals surface area contributed by atoms with Crippen molar-refractivity contribution in [3.05, 3.63) is 35.9 Å². The lowest BCUT2D eigenvalue weighted by molar-refractivity contribution is -0.229. The summed E-state index contributed by atoms with van der Waals surface area (Å²) in [6.07, 6.45) is -4.35. The van der Waals surface area contributed by atoms with Crippen LogP contribution < -0.4 is 0 Å². The quantitative estimate of drug-likeness (QED) is 0.731. The maximum Gasteiger partial charge on any atom is 0.409 e. The highest BCUT2D eigenvalue weighted by molar-refractivity contribution is 5.86. The summed E-state index contributed by atoms with van der Waals surface area (Å²) in [4.78, 5) is 12.3. The number of halogens is 3. The Morgan fingerprint density at radius 3 is 2.35 bits per heavy atom. The molecule has 1 saturated heterocycles. The zero-order chi connectivity index (χ0) is 12.6. The molecule has 1 aromatic rings. The summed E-state index contributed by atoms with van der Waals surface area (Å²) >= 11 is 0. The Bertz CT molecular complexity index is 416. The first-order valence-electron chi connectivity index (χ1n) is 5.32. The van der Waals surface area contributed by atoms with Crippen LogP contribution in [0.2, 0.25) is 0 Å². The van der Waals surface area contributed by atoms with Crippen molar-refractivity contribution in [3.63, 3.8) is 0 Å². The molecule has 0 radical (unpaired) electrons. The fraction of sp³-hybridized carbons (Fsp3) is 0.417. The van der Waals surface area contributed by atoms with E-state index in [4.69, 9.17) is 0 Å². The van der Waals surface area contributed by atoms with Crippen LogP contribution in [0.15, 0.2) is 30.3 Å². The predicted octanol–water partition coefficient (Wildman–Crippen LogP) is 2.60. The smallest absolute Gasteiger partial charge is 0.325 e. The molecule has 0 aromatic heterocycles. The molecule has 2 rings (SSSR count). The van der Waals surface area contributed by atoms with E-state index >= 15 is 0 Å². The molecular weight excluding hydrogens is 231 g/mol. The molecule has 5 heteroatoms. The van der Waals surface area contributed by atoms with E-state index in [2.05, 4.69) is 0 Å². The number of hydrogen-bond acceptors (Lipinski definition) is 1. The summed E-state index contributed by atoms with van der Waals surface area (Å²) < 4.78 is 38.1. The number of carbonyl (C=O) groups is 1. The molecule has 1 aliphatic heterocycles. The Labute approximate surface area is 97.0 Å². The highest BCUT2D eigenvalue weighted by atomic mass is 19.4. The minimum Gasteiger partial charge on any atom is -0.325 e. The van der Waals surface area contributed by atoms with E-state index in [1.54, 1.807) is 30.3 Å². The topological polar surface area (TPSA) is 20.3 Å². The van der Waals surface area contributed by atoms with Crippen LogP contribution in [-0.2, 0) is 11.3 Å². The van der Waals surface area contributed by atoms with Crippen molar-refractivity contribution in [2.45, 2.75) is 25.7 Å². The van der Waals surface area contributed by atoms with Gasteiger partial charge in [0.25, 0.3) is 0 Å².